The Labute approximate surface area is 142 Å². The number of aromatic nitrogens is 1. The summed E-state index contributed by atoms with van der Waals surface area (Å²) in [4.78, 5) is 17.8. The summed E-state index contributed by atoms with van der Waals surface area (Å²) in [5.74, 6) is 0. The number of amides is 1. The van der Waals surface area contributed by atoms with Gasteiger partial charge in [0, 0.05) is 31.7 Å². The van der Waals surface area contributed by atoms with Crippen LogP contribution in [0.5, 0.6) is 0 Å². The lowest BCUT2D eigenvalue weighted by Gasteiger charge is -2.34. The molecule has 1 N–H and O–H groups in total. The molecule has 1 amide bonds. The topological polar surface area (TPSA) is 56.7 Å². The molecular weight excluding hydrogens is 335 g/mol. The third-order valence-electron chi connectivity index (χ3n) is 4.14. The smallest absolute Gasteiger partial charge is 0.433 e. The minimum absolute atomic E-state index is 0.0197. The van der Waals surface area contributed by atoms with Crippen molar-refractivity contribution in [1.82, 2.24) is 9.88 Å². The Morgan fingerprint density at radius 1 is 1.08 bits per heavy atom. The van der Waals surface area contributed by atoms with Gasteiger partial charge >= 0.3 is 12.3 Å². The van der Waals surface area contributed by atoms with E-state index in [-0.39, 0.29) is 5.56 Å². The van der Waals surface area contributed by atoms with Crippen LogP contribution in [0.4, 0.5) is 23.7 Å². The van der Waals surface area contributed by atoms with Gasteiger partial charge in [0.2, 0.25) is 0 Å². The highest BCUT2D eigenvalue weighted by molar-refractivity contribution is 5.71. The zero-order chi connectivity index (χ0) is 18.0. The number of hydrogen-bond donors (Lipinski definition) is 1. The summed E-state index contributed by atoms with van der Waals surface area (Å²) in [5, 5.41) is 8.98. The van der Waals surface area contributed by atoms with Gasteiger partial charge in [-0.25, -0.2) is 9.78 Å². The highest BCUT2D eigenvalue weighted by Gasteiger charge is 2.36. The first kappa shape index (κ1) is 17.1. The molecule has 0 saturated carbocycles. The molecule has 0 spiro atoms. The number of rotatable bonds is 2. The van der Waals surface area contributed by atoms with E-state index in [4.69, 9.17) is 5.11 Å². The van der Waals surface area contributed by atoms with Gasteiger partial charge in [-0.1, -0.05) is 30.3 Å². The first-order valence-corrected chi connectivity index (χ1v) is 7.72. The third kappa shape index (κ3) is 3.67. The van der Waals surface area contributed by atoms with Crippen LogP contribution in [0.2, 0.25) is 0 Å². The predicted octanol–water partition coefficient (Wildman–Crippen LogP) is 3.57. The van der Waals surface area contributed by atoms with E-state index in [2.05, 4.69) is 4.98 Å². The molecule has 0 atom stereocenters. The molecule has 2 aromatic rings. The summed E-state index contributed by atoms with van der Waals surface area (Å²) in [6.45, 7) is 1.43. The number of nitrogens with zero attached hydrogens (tertiary/aromatic N) is 3. The lowest BCUT2D eigenvalue weighted by molar-refractivity contribution is -0.140. The Morgan fingerprint density at radius 3 is 2.28 bits per heavy atom. The number of pyridine rings is 1. The number of benzene rings is 1. The zero-order valence-electron chi connectivity index (χ0n) is 13.2. The minimum atomic E-state index is -4.55. The molecule has 1 fully saturated rings. The summed E-state index contributed by atoms with van der Waals surface area (Å²) in [7, 11) is 0. The molecule has 1 aliphatic rings. The van der Waals surface area contributed by atoms with Gasteiger partial charge in [-0.15, -0.1) is 0 Å². The van der Waals surface area contributed by atoms with Crippen molar-refractivity contribution in [2.45, 2.75) is 6.18 Å². The van der Waals surface area contributed by atoms with Gasteiger partial charge in [-0.3, -0.25) is 0 Å². The summed E-state index contributed by atoms with van der Waals surface area (Å²) in [6.07, 6.45) is -4.34. The molecule has 25 heavy (non-hydrogen) atoms. The number of carbonyl (C=O) groups is 1. The van der Waals surface area contributed by atoms with Crippen LogP contribution in [-0.2, 0) is 6.18 Å². The van der Waals surface area contributed by atoms with E-state index in [1.165, 1.54) is 17.2 Å². The van der Waals surface area contributed by atoms with E-state index in [1.807, 2.05) is 4.90 Å². The summed E-state index contributed by atoms with van der Waals surface area (Å²) in [5.41, 5.74) is 0.0862. The number of hydrogen-bond acceptors (Lipinski definition) is 3. The number of alkyl halides is 3. The van der Waals surface area contributed by atoms with E-state index < -0.39 is 18.0 Å². The lowest BCUT2D eigenvalue weighted by atomic mass is 10.0. The van der Waals surface area contributed by atoms with Crippen LogP contribution < -0.4 is 4.90 Å². The fourth-order valence-electron chi connectivity index (χ4n) is 2.85. The van der Waals surface area contributed by atoms with Crippen LogP contribution in [0.1, 0.15) is 5.69 Å². The monoisotopic (exact) mass is 351 g/mol. The van der Waals surface area contributed by atoms with Crippen molar-refractivity contribution in [3.05, 3.63) is 48.3 Å². The maximum absolute atomic E-state index is 13.3. The highest BCUT2D eigenvalue weighted by Crippen LogP contribution is 2.37. The average molecular weight is 351 g/mol. The SMILES string of the molecule is O=C(O)N1CCN(c2cnc(C(F)(F)F)c(-c3ccccc3)c2)CC1. The van der Waals surface area contributed by atoms with E-state index >= 15 is 0 Å². The molecule has 132 valence electrons. The maximum Gasteiger partial charge on any atom is 0.433 e. The van der Waals surface area contributed by atoms with Gasteiger partial charge < -0.3 is 14.9 Å². The molecule has 1 aromatic heterocycles. The second kappa shape index (κ2) is 6.62. The molecule has 3 rings (SSSR count). The Bertz CT molecular complexity index is 757. The van der Waals surface area contributed by atoms with Gasteiger partial charge in [0.15, 0.2) is 5.69 Å². The average Bonchev–Trinajstić information content (AvgIpc) is 2.61. The highest BCUT2D eigenvalue weighted by atomic mass is 19.4. The number of anilines is 1. The molecule has 1 saturated heterocycles. The van der Waals surface area contributed by atoms with Crippen molar-refractivity contribution in [2.24, 2.45) is 0 Å². The van der Waals surface area contributed by atoms with Crippen LogP contribution in [0.3, 0.4) is 0 Å². The second-order valence-corrected chi connectivity index (χ2v) is 5.71. The third-order valence-corrected chi connectivity index (χ3v) is 4.14. The van der Waals surface area contributed by atoms with Gasteiger partial charge in [0.25, 0.3) is 0 Å². The summed E-state index contributed by atoms with van der Waals surface area (Å²) in [6, 6.07) is 9.78. The summed E-state index contributed by atoms with van der Waals surface area (Å²) >= 11 is 0. The lowest BCUT2D eigenvalue weighted by Crippen LogP contribution is -2.48. The standard InChI is InChI=1S/C17H16F3N3O2/c18-17(19,20)15-14(12-4-2-1-3-5-12)10-13(11-21-15)22-6-8-23(9-7-22)16(24)25/h1-5,10-11H,6-9H2,(H,24,25). The Hall–Kier alpha value is -2.77. The molecule has 8 heteroatoms. The van der Waals surface area contributed by atoms with E-state index in [9.17, 15) is 18.0 Å². The van der Waals surface area contributed by atoms with E-state index in [0.29, 0.717) is 37.4 Å². The van der Waals surface area contributed by atoms with Crippen LogP contribution in [-0.4, -0.2) is 47.3 Å². The van der Waals surface area contributed by atoms with Gasteiger partial charge in [0.05, 0.1) is 11.9 Å². The largest absolute Gasteiger partial charge is 0.465 e. The Morgan fingerprint density at radius 2 is 1.72 bits per heavy atom. The van der Waals surface area contributed by atoms with Crippen molar-refractivity contribution in [1.29, 1.82) is 0 Å². The van der Waals surface area contributed by atoms with E-state index in [1.54, 1.807) is 30.3 Å². The van der Waals surface area contributed by atoms with Gasteiger partial charge in [-0.05, 0) is 11.6 Å². The number of carboxylic acid groups (broad SMARTS) is 1. The van der Waals surface area contributed by atoms with Gasteiger partial charge in [0.1, 0.15) is 0 Å². The molecule has 0 aliphatic carbocycles. The molecule has 5 nitrogen and oxygen atoms in total. The first-order valence-electron chi connectivity index (χ1n) is 7.72. The van der Waals surface area contributed by atoms with Crippen molar-refractivity contribution in [2.75, 3.05) is 31.1 Å². The molecular formula is C17H16F3N3O2. The van der Waals surface area contributed by atoms with Crippen LogP contribution in [0.25, 0.3) is 11.1 Å². The molecule has 1 aliphatic heterocycles. The quantitative estimate of drug-likeness (QED) is 0.899. The zero-order valence-corrected chi connectivity index (χ0v) is 13.2. The normalized spacial score (nSPS) is 15.3. The minimum Gasteiger partial charge on any atom is -0.465 e. The fraction of sp³-hybridized carbons (Fsp3) is 0.294. The van der Waals surface area contributed by atoms with Crippen molar-refractivity contribution < 1.29 is 23.1 Å². The fourth-order valence-corrected chi connectivity index (χ4v) is 2.85. The number of piperazine rings is 1. The molecule has 2 heterocycles. The maximum atomic E-state index is 13.3. The summed E-state index contributed by atoms with van der Waals surface area (Å²) < 4.78 is 39.9. The predicted molar refractivity (Wildman–Crippen MR) is 86.5 cm³/mol. The van der Waals surface area contributed by atoms with Crippen LogP contribution in [0, 0.1) is 0 Å². The van der Waals surface area contributed by atoms with Crippen LogP contribution in [0.15, 0.2) is 42.6 Å². The van der Waals surface area contributed by atoms with Gasteiger partial charge in [-0.2, -0.15) is 13.2 Å². The molecule has 1 aromatic carbocycles. The molecule has 0 bridgehead atoms. The van der Waals surface area contributed by atoms with Crippen molar-refractivity contribution in [3.63, 3.8) is 0 Å². The Kier molecular flexibility index (Phi) is 4.52. The van der Waals surface area contributed by atoms with Crippen molar-refractivity contribution in [3.8, 4) is 11.1 Å². The second-order valence-electron chi connectivity index (χ2n) is 5.71. The van der Waals surface area contributed by atoms with E-state index in [0.717, 1.165) is 0 Å². The van der Waals surface area contributed by atoms with Crippen LogP contribution >= 0.6 is 0 Å². The first-order chi connectivity index (χ1) is 11.9. The number of halogens is 3. The Balaban J connectivity index is 1.94. The van der Waals surface area contributed by atoms with Crippen molar-refractivity contribution >= 4 is 11.8 Å². The molecule has 0 radical (unpaired) electrons. The molecule has 0 unspecified atom stereocenters.